The Labute approximate surface area is 133 Å². The topological polar surface area (TPSA) is 12.0 Å². The lowest BCUT2D eigenvalue weighted by Gasteiger charge is -2.24. The standard InChI is InChI=1S/C18H30BrN/c1-5-15(6-2)11-16(13-20-12-14(3)4)17-9-7-8-10-18(17)19/h7-10,14-16,20H,5-6,11-13H2,1-4H3. The lowest BCUT2D eigenvalue weighted by molar-refractivity contribution is 0.392. The van der Waals surface area contributed by atoms with Crippen molar-refractivity contribution in [2.24, 2.45) is 11.8 Å². The van der Waals surface area contributed by atoms with Crippen molar-refractivity contribution < 1.29 is 0 Å². The highest BCUT2D eigenvalue weighted by Crippen LogP contribution is 2.31. The van der Waals surface area contributed by atoms with E-state index in [1.807, 2.05) is 0 Å². The van der Waals surface area contributed by atoms with Gasteiger partial charge >= 0.3 is 0 Å². The summed E-state index contributed by atoms with van der Waals surface area (Å²) >= 11 is 3.72. The van der Waals surface area contributed by atoms with Crippen molar-refractivity contribution in [2.75, 3.05) is 13.1 Å². The van der Waals surface area contributed by atoms with Crippen LogP contribution in [-0.2, 0) is 0 Å². The molecule has 0 aliphatic heterocycles. The Kier molecular flexibility index (Phi) is 8.47. The average Bonchev–Trinajstić information content (AvgIpc) is 2.43. The summed E-state index contributed by atoms with van der Waals surface area (Å²) in [6.45, 7) is 11.3. The molecule has 1 rings (SSSR count). The molecule has 0 saturated heterocycles. The van der Waals surface area contributed by atoms with Crippen LogP contribution in [0.3, 0.4) is 0 Å². The van der Waals surface area contributed by atoms with Crippen LogP contribution >= 0.6 is 15.9 Å². The lowest BCUT2D eigenvalue weighted by Crippen LogP contribution is -2.26. The van der Waals surface area contributed by atoms with Gasteiger partial charge in [-0.2, -0.15) is 0 Å². The van der Waals surface area contributed by atoms with Crippen molar-refractivity contribution in [1.82, 2.24) is 5.32 Å². The predicted octanol–water partition coefficient (Wildman–Crippen LogP) is 5.60. The first-order valence-corrected chi connectivity index (χ1v) is 8.82. The quantitative estimate of drug-likeness (QED) is 0.616. The number of hydrogen-bond acceptors (Lipinski definition) is 1. The second-order valence-electron chi connectivity index (χ2n) is 6.19. The third-order valence-corrected chi connectivity index (χ3v) is 4.78. The van der Waals surface area contributed by atoms with Crippen LogP contribution < -0.4 is 5.32 Å². The number of halogens is 1. The van der Waals surface area contributed by atoms with Gasteiger partial charge in [-0.3, -0.25) is 0 Å². The number of rotatable bonds is 9. The van der Waals surface area contributed by atoms with Gasteiger partial charge in [0.25, 0.3) is 0 Å². The fourth-order valence-corrected chi connectivity index (χ4v) is 3.31. The van der Waals surface area contributed by atoms with E-state index in [4.69, 9.17) is 0 Å². The lowest BCUT2D eigenvalue weighted by atomic mass is 9.86. The molecule has 1 nitrogen and oxygen atoms in total. The molecule has 0 heterocycles. The summed E-state index contributed by atoms with van der Waals surface area (Å²) in [4.78, 5) is 0. The smallest absolute Gasteiger partial charge is 0.0210 e. The molecule has 1 atom stereocenters. The van der Waals surface area contributed by atoms with E-state index in [1.54, 1.807) is 0 Å². The second kappa shape index (κ2) is 9.57. The number of hydrogen-bond donors (Lipinski definition) is 1. The maximum atomic E-state index is 3.72. The molecule has 0 aliphatic carbocycles. The summed E-state index contributed by atoms with van der Waals surface area (Å²) in [7, 11) is 0. The number of benzene rings is 1. The Hall–Kier alpha value is -0.340. The minimum atomic E-state index is 0.606. The van der Waals surface area contributed by atoms with Gasteiger partial charge in [-0.05, 0) is 42.3 Å². The summed E-state index contributed by atoms with van der Waals surface area (Å²) in [6.07, 6.45) is 3.84. The third-order valence-electron chi connectivity index (χ3n) is 4.06. The van der Waals surface area contributed by atoms with Crippen molar-refractivity contribution in [3.63, 3.8) is 0 Å². The molecule has 0 saturated carbocycles. The van der Waals surface area contributed by atoms with Gasteiger partial charge in [-0.1, -0.05) is 74.7 Å². The summed E-state index contributed by atoms with van der Waals surface area (Å²) in [5.74, 6) is 2.14. The largest absolute Gasteiger partial charge is 0.316 e. The van der Waals surface area contributed by atoms with Gasteiger partial charge in [-0.15, -0.1) is 0 Å². The Morgan fingerprint density at radius 3 is 2.25 bits per heavy atom. The van der Waals surface area contributed by atoms with E-state index in [0.717, 1.165) is 19.0 Å². The molecule has 0 spiro atoms. The Morgan fingerprint density at radius 2 is 1.70 bits per heavy atom. The van der Waals surface area contributed by atoms with Crippen LogP contribution in [-0.4, -0.2) is 13.1 Å². The predicted molar refractivity (Wildman–Crippen MR) is 93.3 cm³/mol. The van der Waals surface area contributed by atoms with Crippen molar-refractivity contribution >= 4 is 15.9 Å². The average molecular weight is 340 g/mol. The van der Waals surface area contributed by atoms with Crippen molar-refractivity contribution in [1.29, 1.82) is 0 Å². The first-order chi connectivity index (χ1) is 9.58. The van der Waals surface area contributed by atoms with Crippen LogP contribution in [0, 0.1) is 11.8 Å². The molecule has 1 unspecified atom stereocenters. The summed E-state index contributed by atoms with van der Waals surface area (Å²) < 4.78 is 1.25. The molecule has 1 aromatic rings. The van der Waals surface area contributed by atoms with Gasteiger partial charge in [0.05, 0.1) is 0 Å². The van der Waals surface area contributed by atoms with E-state index in [2.05, 4.69) is 73.2 Å². The van der Waals surface area contributed by atoms with E-state index in [1.165, 1.54) is 29.3 Å². The van der Waals surface area contributed by atoms with E-state index in [-0.39, 0.29) is 0 Å². The van der Waals surface area contributed by atoms with E-state index >= 15 is 0 Å². The highest BCUT2D eigenvalue weighted by atomic mass is 79.9. The zero-order valence-corrected chi connectivity index (χ0v) is 15.0. The van der Waals surface area contributed by atoms with Gasteiger partial charge in [0, 0.05) is 11.0 Å². The Bertz CT molecular complexity index is 371. The van der Waals surface area contributed by atoms with Crippen LogP contribution in [0.1, 0.15) is 58.4 Å². The SMILES string of the molecule is CCC(CC)CC(CNCC(C)C)c1ccccc1Br. The molecule has 0 radical (unpaired) electrons. The number of nitrogens with one attached hydrogen (secondary N) is 1. The van der Waals surface area contributed by atoms with Crippen molar-refractivity contribution in [2.45, 2.75) is 52.9 Å². The molecule has 1 aromatic carbocycles. The Morgan fingerprint density at radius 1 is 1.05 bits per heavy atom. The third kappa shape index (κ3) is 5.97. The molecular formula is C18H30BrN. The van der Waals surface area contributed by atoms with Crippen LogP contribution in [0.5, 0.6) is 0 Å². The van der Waals surface area contributed by atoms with Crippen molar-refractivity contribution in [3.8, 4) is 0 Å². The molecular weight excluding hydrogens is 310 g/mol. The molecule has 0 aliphatic rings. The van der Waals surface area contributed by atoms with E-state index in [9.17, 15) is 0 Å². The van der Waals surface area contributed by atoms with Gasteiger partial charge in [-0.25, -0.2) is 0 Å². The highest BCUT2D eigenvalue weighted by molar-refractivity contribution is 9.10. The Balaban J connectivity index is 2.75. The molecule has 0 bridgehead atoms. The first-order valence-electron chi connectivity index (χ1n) is 8.03. The molecule has 114 valence electrons. The van der Waals surface area contributed by atoms with E-state index < -0.39 is 0 Å². The molecule has 1 N–H and O–H groups in total. The summed E-state index contributed by atoms with van der Waals surface area (Å²) in [5, 5.41) is 3.64. The van der Waals surface area contributed by atoms with Crippen LogP contribution in [0.15, 0.2) is 28.7 Å². The molecule has 20 heavy (non-hydrogen) atoms. The summed E-state index contributed by atoms with van der Waals surface area (Å²) in [5.41, 5.74) is 1.45. The molecule has 2 heteroatoms. The van der Waals surface area contributed by atoms with E-state index in [0.29, 0.717) is 11.8 Å². The minimum absolute atomic E-state index is 0.606. The van der Waals surface area contributed by atoms with Crippen molar-refractivity contribution in [3.05, 3.63) is 34.3 Å². The van der Waals surface area contributed by atoms with Crippen LogP contribution in [0.4, 0.5) is 0 Å². The zero-order valence-electron chi connectivity index (χ0n) is 13.5. The first kappa shape index (κ1) is 17.7. The van der Waals surface area contributed by atoms with Gasteiger partial charge in [0.2, 0.25) is 0 Å². The maximum absolute atomic E-state index is 3.72. The normalized spacial score (nSPS) is 13.2. The fourth-order valence-electron chi connectivity index (χ4n) is 2.70. The van der Waals surface area contributed by atoms with Gasteiger partial charge in [0.15, 0.2) is 0 Å². The van der Waals surface area contributed by atoms with Crippen LogP contribution in [0.25, 0.3) is 0 Å². The molecule has 0 aromatic heterocycles. The van der Waals surface area contributed by atoms with Gasteiger partial charge in [0.1, 0.15) is 0 Å². The molecule has 0 fully saturated rings. The highest BCUT2D eigenvalue weighted by Gasteiger charge is 2.18. The molecule has 0 amide bonds. The van der Waals surface area contributed by atoms with Gasteiger partial charge < -0.3 is 5.32 Å². The fraction of sp³-hybridized carbons (Fsp3) is 0.667. The summed E-state index contributed by atoms with van der Waals surface area (Å²) in [6, 6.07) is 8.69. The van der Waals surface area contributed by atoms with Crippen LogP contribution in [0.2, 0.25) is 0 Å². The maximum Gasteiger partial charge on any atom is 0.0210 e. The monoisotopic (exact) mass is 339 g/mol. The zero-order chi connectivity index (χ0) is 15.0. The minimum Gasteiger partial charge on any atom is -0.316 e. The second-order valence-corrected chi connectivity index (χ2v) is 7.04.